The van der Waals surface area contributed by atoms with Gasteiger partial charge in [0.2, 0.25) is 0 Å². The summed E-state index contributed by atoms with van der Waals surface area (Å²) in [5.41, 5.74) is 5.53. The predicted octanol–water partition coefficient (Wildman–Crippen LogP) is 2.83. The lowest BCUT2D eigenvalue weighted by atomic mass is 10.1. The Labute approximate surface area is 147 Å². The molecule has 1 aromatic heterocycles. The van der Waals surface area contributed by atoms with E-state index in [9.17, 15) is 14.4 Å². The van der Waals surface area contributed by atoms with E-state index in [0.29, 0.717) is 21.6 Å². The molecule has 7 heteroatoms. The molecular formula is C18H13ClN2O4. The molecule has 0 aliphatic carbocycles. The number of carbonyl (C=O) groups is 2. The fraction of sp³-hybridized carbons (Fsp3) is 0.0556. The number of carbonyl (C=O) groups excluding carboxylic acids is 2. The second-order valence-electron chi connectivity index (χ2n) is 5.34. The van der Waals surface area contributed by atoms with Gasteiger partial charge in [-0.2, -0.15) is 0 Å². The molecule has 0 aliphatic heterocycles. The lowest BCUT2D eigenvalue weighted by molar-refractivity contribution is 0.0831. The summed E-state index contributed by atoms with van der Waals surface area (Å²) in [5.74, 6) is -1.45. The van der Waals surface area contributed by atoms with E-state index in [1.54, 1.807) is 37.3 Å². The fourth-order valence-corrected chi connectivity index (χ4v) is 2.40. The maximum Gasteiger partial charge on any atom is 0.305 e. The van der Waals surface area contributed by atoms with Crippen LogP contribution in [0.15, 0.2) is 57.7 Å². The normalized spacial score (nSPS) is 10.5. The molecule has 6 nitrogen and oxygen atoms in total. The summed E-state index contributed by atoms with van der Waals surface area (Å²) >= 11 is 5.76. The Morgan fingerprint density at radius 1 is 1.00 bits per heavy atom. The number of benzene rings is 2. The van der Waals surface area contributed by atoms with Crippen molar-refractivity contribution in [1.29, 1.82) is 0 Å². The first-order chi connectivity index (χ1) is 12.0. The SMILES string of the molecule is Cc1cccc2c(=O)cc(C(=O)NNC(=O)c3ccc(Cl)cc3)oc12. The molecule has 25 heavy (non-hydrogen) atoms. The summed E-state index contributed by atoms with van der Waals surface area (Å²) in [4.78, 5) is 36.2. The van der Waals surface area contributed by atoms with Gasteiger partial charge in [-0.25, -0.2) is 0 Å². The van der Waals surface area contributed by atoms with Gasteiger partial charge in [-0.3, -0.25) is 25.2 Å². The quantitative estimate of drug-likeness (QED) is 0.691. The molecule has 2 N–H and O–H groups in total. The summed E-state index contributed by atoms with van der Waals surface area (Å²) < 4.78 is 5.51. The van der Waals surface area contributed by atoms with E-state index in [-0.39, 0.29) is 11.2 Å². The van der Waals surface area contributed by atoms with Crippen LogP contribution in [0.3, 0.4) is 0 Å². The summed E-state index contributed by atoms with van der Waals surface area (Å²) in [7, 11) is 0. The third-order valence-corrected chi connectivity index (χ3v) is 3.82. The number of hydrogen-bond acceptors (Lipinski definition) is 4. The highest BCUT2D eigenvalue weighted by Crippen LogP contribution is 2.16. The van der Waals surface area contributed by atoms with Gasteiger partial charge in [-0.15, -0.1) is 0 Å². The first kappa shape index (κ1) is 16.7. The second-order valence-corrected chi connectivity index (χ2v) is 5.78. The summed E-state index contributed by atoms with van der Waals surface area (Å²) in [6, 6.07) is 12.4. The van der Waals surface area contributed by atoms with Crippen molar-refractivity contribution in [2.75, 3.05) is 0 Å². The minimum absolute atomic E-state index is 0.191. The van der Waals surface area contributed by atoms with Crippen LogP contribution in [0.25, 0.3) is 11.0 Å². The summed E-state index contributed by atoms with van der Waals surface area (Å²) in [5, 5.41) is 0.885. The molecule has 0 spiro atoms. The number of nitrogens with one attached hydrogen (secondary N) is 2. The van der Waals surface area contributed by atoms with E-state index in [1.165, 1.54) is 12.1 Å². The van der Waals surface area contributed by atoms with Crippen molar-refractivity contribution in [3.8, 4) is 0 Å². The van der Waals surface area contributed by atoms with Gasteiger partial charge in [0, 0.05) is 16.7 Å². The lowest BCUT2D eigenvalue weighted by Crippen LogP contribution is -2.41. The van der Waals surface area contributed by atoms with Crippen LogP contribution in [-0.4, -0.2) is 11.8 Å². The minimum atomic E-state index is -0.732. The second kappa shape index (κ2) is 6.78. The van der Waals surface area contributed by atoms with Crippen molar-refractivity contribution in [2.24, 2.45) is 0 Å². The Kier molecular flexibility index (Phi) is 4.54. The van der Waals surface area contributed by atoms with Gasteiger partial charge in [0.15, 0.2) is 11.2 Å². The first-order valence-corrected chi connectivity index (χ1v) is 7.73. The van der Waals surface area contributed by atoms with Gasteiger partial charge in [-0.05, 0) is 42.8 Å². The summed E-state index contributed by atoms with van der Waals surface area (Å²) in [6.07, 6.45) is 0. The molecule has 0 saturated carbocycles. The molecule has 0 radical (unpaired) electrons. The number of fused-ring (bicyclic) bond motifs is 1. The third kappa shape index (κ3) is 3.54. The molecule has 0 bridgehead atoms. The number of halogens is 1. The van der Waals surface area contributed by atoms with Gasteiger partial charge >= 0.3 is 5.91 Å². The smallest absolute Gasteiger partial charge is 0.305 e. The van der Waals surface area contributed by atoms with Crippen molar-refractivity contribution in [1.82, 2.24) is 10.9 Å². The van der Waals surface area contributed by atoms with E-state index in [0.717, 1.165) is 11.6 Å². The lowest BCUT2D eigenvalue weighted by Gasteiger charge is -2.08. The average molecular weight is 357 g/mol. The predicted molar refractivity (Wildman–Crippen MR) is 93.6 cm³/mol. The van der Waals surface area contributed by atoms with Crippen molar-refractivity contribution >= 4 is 34.4 Å². The van der Waals surface area contributed by atoms with E-state index < -0.39 is 11.8 Å². The molecular weight excluding hydrogens is 344 g/mol. The number of amides is 2. The standard InChI is InChI=1S/C18H13ClN2O4/c1-10-3-2-4-13-14(22)9-15(25-16(10)13)18(24)21-20-17(23)11-5-7-12(19)8-6-11/h2-9H,1H3,(H,20,23)(H,21,24). The van der Waals surface area contributed by atoms with E-state index in [2.05, 4.69) is 10.9 Å². The Morgan fingerprint density at radius 3 is 2.40 bits per heavy atom. The number of hydrazine groups is 1. The van der Waals surface area contributed by atoms with Crippen LogP contribution < -0.4 is 16.3 Å². The largest absolute Gasteiger partial charge is 0.450 e. The molecule has 0 unspecified atom stereocenters. The highest BCUT2D eigenvalue weighted by atomic mass is 35.5. The van der Waals surface area contributed by atoms with E-state index in [4.69, 9.17) is 16.0 Å². The van der Waals surface area contributed by atoms with Crippen LogP contribution in [0.1, 0.15) is 26.5 Å². The molecule has 0 aliphatic rings. The van der Waals surface area contributed by atoms with E-state index >= 15 is 0 Å². The zero-order valence-electron chi connectivity index (χ0n) is 13.1. The van der Waals surface area contributed by atoms with Gasteiger partial charge in [0.25, 0.3) is 5.91 Å². The van der Waals surface area contributed by atoms with Gasteiger partial charge in [0.1, 0.15) is 5.58 Å². The van der Waals surface area contributed by atoms with Crippen LogP contribution in [0.5, 0.6) is 0 Å². The van der Waals surface area contributed by atoms with Crippen LogP contribution in [-0.2, 0) is 0 Å². The number of para-hydroxylation sites is 1. The van der Waals surface area contributed by atoms with Gasteiger partial charge < -0.3 is 4.42 Å². The van der Waals surface area contributed by atoms with Crippen LogP contribution in [0.2, 0.25) is 5.02 Å². The van der Waals surface area contributed by atoms with Crippen LogP contribution in [0, 0.1) is 6.92 Å². The molecule has 0 saturated heterocycles. The Hall–Kier alpha value is -3.12. The maximum atomic E-state index is 12.2. The number of rotatable bonds is 2. The topological polar surface area (TPSA) is 88.4 Å². The Balaban J connectivity index is 1.78. The molecule has 3 rings (SSSR count). The zero-order chi connectivity index (χ0) is 18.0. The van der Waals surface area contributed by atoms with Crippen molar-refractivity contribution in [3.63, 3.8) is 0 Å². The molecule has 2 amide bonds. The molecule has 3 aromatic rings. The molecule has 0 fully saturated rings. The average Bonchev–Trinajstić information content (AvgIpc) is 2.60. The monoisotopic (exact) mass is 356 g/mol. The van der Waals surface area contributed by atoms with Crippen molar-refractivity contribution < 1.29 is 14.0 Å². The minimum Gasteiger partial charge on any atom is -0.450 e. The van der Waals surface area contributed by atoms with Crippen LogP contribution in [0.4, 0.5) is 0 Å². The zero-order valence-corrected chi connectivity index (χ0v) is 13.9. The highest BCUT2D eigenvalue weighted by Gasteiger charge is 2.14. The van der Waals surface area contributed by atoms with Gasteiger partial charge in [-0.1, -0.05) is 23.7 Å². The third-order valence-electron chi connectivity index (χ3n) is 3.57. The van der Waals surface area contributed by atoms with Gasteiger partial charge in [0.05, 0.1) is 5.39 Å². The molecule has 0 atom stereocenters. The molecule has 2 aromatic carbocycles. The number of hydrogen-bond donors (Lipinski definition) is 2. The number of aryl methyl sites for hydroxylation is 1. The maximum absolute atomic E-state index is 12.2. The fourth-order valence-electron chi connectivity index (χ4n) is 2.28. The van der Waals surface area contributed by atoms with Crippen molar-refractivity contribution in [2.45, 2.75) is 6.92 Å². The van der Waals surface area contributed by atoms with Crippen molar-refractivity contribution in [3.05, 3.63) is 80.7 Å². The van der Waals surface area contributed by atoms with Crippen LogP contribution >= 0.6 is 11.6 Å². The molecule has 126 valence electrons. The Morgan fingerprint density at radius 2 is 1.68 bits per heavy atom. The molecule has 1 heterocycles. The summed E-state index contributed by atoms with van der Waals surface area (Å²) in [6.45, 7) is 1.77. The first-order valence-electron chi connectivity index (χ1n) is 7.35. The Bertz CT molecular complexity index is 1030. The van der Waals surface area contributed by atoms with E-state index in [1.807, 2.05) is 0 Å². The highest BCUT2D eigenvalue weighted by molar-refractivity contribution is 6.30.